The Morgan fingerprint density at radius 2 is 2.05 bits per heavy atom. The van der Waals surface area contributed by atoms with Gasteiger partial charge in [0.1, 0.15) is 0 Å². The van der Waals surface area contributed by atoms with Crippen molar-refractivity contribution in [3.05, 3.63) is 47.7 Å². The van der Waals surface area contributed by atoms with Gasteiger partial charge in [-0.3, -0.25) is 4.79 Å². The average molecular weight is 273 g/mol. The Bertz CT molecular complexity index is 551. The minimum Gasteiger partial charge on any atom is -0.426 e. The Kier molecular flexibility index (Phi) is 4.87. The van der Waals surface area contributed by atoms with Gasteiger partial charge in [-0.1, -0.05) is 37.3 Å². The van der Waals surface area contributed by atoms with Crippen LogP contribution in [0.4, 0.5) is 0 Å². The van der Waals surface area contributed by atoms with E-state index in [1.165, 1.54) is 0 Å². The molecule has 1 aromatic carbocycles. The minimum absolute atomic E-state index is 0.00319. The van der Waals surface area contributed by atoms with Gasteiger partial charge < -0.3 is 9.73 Å². The van der Waals surface area contributed by atoms with E-state index in [0.29, 0.717) is 24.6 Å². The summed E-state index contributed by atoms with van der Waals surface area (Å²) in [7, 11) is 0. The number of nitrogens with one attached hydrogen (secondary N) is 1. The third kappa shape index (κ3) is 3.91. The summed E-state index contributed by atoms with van der Waals surface area (Å²) in [4.78, 5) is 12.0. The summed E-state index contributed by atoms with van der Waals surface area (Å²) in [6.07, 6.45) is 1.68. The van der Waals surface area contributed by atoms with Gasteiger partial charge in [0.25, 0.3) is 0 Å². The first kappa shape index (κ1) is 14.2. The lowest BCUT2D eigenvalue weighted by Crippen LogP contribution is -2.28. The highest BCUT2D eigenvalue weighted by atomic mass is 16.4. The van der Waals surface area contributed by atoms with Crippen molar-refractivity contribution in [1.29, 1.82) is 0 Å². The number of carbonyl (C=O) groups excluding carboxylic acids is 1. The van der Waals surface area contributed by atoms with Gasteiger partial charge in [-0.2, -0.15) is 0 Å². The summed E-state index contributed by atoms with van der Waals surface area (Å²) in [5, 5.41) is 10.7. The number of hydrogen-bond donors (Lipinski definition) is 1. The van der Waals surface area contributed by atoms with Crippen molar-refractivity contribution in [3.63, 3.8) is 0 Å². The van der Waals surface area contributed by atoms with Crippen LogP contribution in [0.15, 0.2) is 34.7 Å². The predicted octanol–water partition coefficient (Wildman–Crippen LogP) is 2.58. The lowest BCUT2D eigenvalue weighted by atomic mass is 10.0. The Morgan fingerprint density at radius 3 is 2.65 bits per heavy atom. The van der Waals surface area contributed by atoms with Crippen LogP contribution >= 0.6 is 0 Å². The molecule has 106 valence electrons. The fourth-order valence-electron chi connectivity index (χ4n) is 2.03. The number of hydrogen-bond acceptors (Lipinski definition) is 4. The zero-order chi connectivity index (χ0) is 14.4. The standard InChI is InChI=1S/C15H19N3O2/c1-3-13(12-7-5-4-6-8-12)16-14(19)9-10-15-18-17-11(2)20-15/h4-8,13H,3,9-10H2,1-2H3,(H,16,19). The molecular weight excluding hydrogens is 254 g/mol. The molecule has 0 saturated carbocycles. The summed E-state index contributed by atoms with van der Waals surface area (Å²) < 4.78 is 5.25. The fourth-order valence-corrected chi connectivity index (χ4v) is 2.03. The van der Waals surface area contributed by atoms with Crippen molar-refractivity contribution >= 4 is 5.91 Å². The Balaban J connectivity index is 1.86. The third-order valence-electron chi connectivity index (χ3n) is 3.08. The van der Waals surface area contributed by atoms with Crippen molar-refractivity contribution in [3.8, 4) is 0 Å². The highest BCUT2D eigenvalue weighted by Crippen LogP contribution is 2.16. The Hall–Kier alpha value is -2.17. The van der Waals surface area contributed by atoms with Gasteiger partial charge in [0, 0.05) is 19.8 Å². The molecule has 0 saturated heterocycles. The van der Waals surface area contributed by atoms with E-state index in [4.69, 9.17) is 4.42 Å². The molecule has 2 aromatic rings. The molecule has 5 nitrogen and oxygen atoms in total. The number of nitrogens with zero attached hydrogens (tertiary/aromatic N) is 2. The van der Waals surface area contributed by atoms with Crippen molar-refractivity contribution < 1.29 is 9.21 Å². The maximum atomic E-state index is 12.0. The zero-order valence-corrected chi connectivity index (χ0v) is 11.8. The normalized spacial score (nSPS) is 12.1. The second-order valence-electron chi connectivity index (χ2n) is 4.65. The third-order valence-corrected chi connectivity index (χ3v) is 3.08. The van der Waals surface area contributed by atoms with Crippen LogP contribution in [0.25, 0.3) is 0 Å². The SMILES string of the molecule is CCC(NC(=O)CCc1nnc(C)o1)c1ccccc1. The number of aromatic nitrogens is 2. The molecule has 0 aliphatic carbocycles. The number of rotatable bonds is 6. The van der Waals surface area contributed by atoms with E-state index < -0.39 is 0 Å². The summed E-state index contributed by atoms with van der Waals surface area (Å²) >= 11 is 0. The minimum atomic E-state index is -0.00319. The van der Waals surface area contributed by atoms with Crippen LogP contribution in [0.1, 0.15) is 43.2 Å². The van der Waals surface area contributed by atoms with E-state index in [-0.39, 0.29) is 11.9 Å². The fraction of sp³-hybridized carbons (Fsp3) is 0.400. The number of carbonyl (C=O) groups is 1. The Labute approximate surface area is 118 Å². The van der Waals surface area contributed by atoms with Gasteiger partial charge in [-0.25, -0.2) is 0 Å². The van der Waals surface area contributed by atoms with Crippen molar-refractivity contribution in [2.75, 3.05) is 0 Å². The molecule has 1 N–H and O–H groups in total. The molecule has 0 fully saturated rings. The molecule has 1 amide bonds. The first-order valence-electron chi connectivity index (χ1n) is 6.82. The molecular formula is C15H19N3O2. The summed E-state index contributed by atoms with van der Waals surface area (Å²) in [6.45, 7) is 3.79. The second kappa shape index (κ2) is 6.84. The van der Waals surface area contributed by atoms with E-state index in [1.54, 1.807) is 6.92 Å². The highest BCUT2D eigenvalue weighted by Gasteiger charge is 2.13. The smallest absolute Gasteiger partial charge is 0.220 e. The van der Waals surface area contributed by atoms with Gasteiger partial charge in [0.15, 0.2) is 0 Å². The van der Waals surface area contributed by atoms with E-state index >= 15 is 0 Å². The van der Waals surface area contributed by atoms with Crippen LogP contribution in [-0.2, 0) is 11.2 Å². The first-order valence-corrected chi connectivity index (χ1v) is 6.82. The molecule has 1 unspecified atom stereocenters. The zero-order valence-electron chi connectivity index (χ0n) is 11.8. The highest BCUT2D eigenvalue weighted by molar-refractivity contribution is 5.76. The summed E-state index contributed by atoms with van der Waals surface area (Å²) in [5.74, 6) is 1.03. The maximum Gasteiger partial charge on any atom is 0.220 e. The van der Waals surface area contributed by atoms with Gasteiger partial charge in [-0.15, -0.1) is 10.2 Å². The molecule has 0 aliphatic heterocycles. The summed E-state index contributed by atoms with van der Waals surface area (Å²) in [5.41, 5.74) is 1.12. The van der Waals surface area contributed by atoms with Crippen LogP contribution in [-0.4, -0.2) is 16.1 Å². The number of amides is 1. The average Bonchev–Trinajstić information content (AvgIpc) is 2.89. The van der Waals surface area contributed by atoms with Gasteiger partial charge in [-0.05, 0) is 12.0 Å². The summed E-state index contributed by atoms with van der Waals surface area (Å²) in [6, 6.07) is 10.0. The van der Waals surface area contributed by atoms with Crippen molar-refractivity contribution in [2.24, 2.45) is 0 Å². The van der Waals surface area contributed by atoms with Crippen molar-refractivity contribution in [1.82, 2.24) is 15.5 Å². The van der Waals surface area contributed by atoms with E-state index in [0.717, 1.165) is 12.0 Å². The van der Waals surface area contributed by atoms with Crippen LogP contribution in [0.5, 0.6) is 0 Å². The molecule has 1 heterocycles. The molecule has 1 atom stereocenters. The topological polar surface area (TPSA) is 68.0 Å². The largest absolute Gasteiger partial charge is 0.426 e. The molecule has 0 aliphatic rings. The van der Waals surface area contributed by atoms with E-state index in [2.05, 4.69) is 22.4 Å². The molecule has 1 aromatic heterocycles. The van der Waals surface area contributed by atoms with E-state index in [1.807, 2.05) is 30.3 Å². The molecule has 2 rings (SSSR count). The van der Waals surface area contributed by atoms with Crippen LogP contribution < -0.4 is 5.32 Å². The maximum absolute atomic E-state index is 12.0. The number of aryl methyl sites for hydroxylation is 2. The molecule has 0 bridgehead atoms. The van der Waals surface area contributed by atoms with Crippen LogP contribution in [0.2, 0.25) is 0 Å². The molecule has 20 heavy (non-hydrogen) atoms. The van der Waals surface area contributed by atoms with Gasteiger partial charge in [0.05, 0.1) is 6.04 Å². The van der Waals surface area contributed by atoms with Crippen LogP contribution in [0.3, 0.4) is 0 Å². The number of benzene rings is 1. The molecule has 0 radical (unpaired) electrons. The monoisotopic (exact) mass is 273 g/mol. The predicted molar refractivity (Wildman–Crippen MR) is 75.0 cm³/mol. The molecule has 5 heteroatoms. The Morgan fingerprint density at radius 1 is 1.30 bits per heavy atom. The van der Waals surface area contributed by atoms with Crippen LogP contribution in [0, 0.1) is 6.92 Å². The lowest BCUT2D eigenvalue weighted by Gasteiger charge is -2.17. The van der Waals surface area contributed by atoms with Crippen molar-refractivity contribution in [2.45, 2.75) is 39.2 Å². The second-order valence-corrected chi connectivity index (χ2v) is 4.65. The van der Waals surface area contributed by atoms with E-state index in [9.17, 15) is 4.79 Å². The van der Waals surface area contributed by atoms with Gasteiger partial charge in [0.2, 0.25) is 17.7 Å². The lowest BCUT2D eigenvalue weighted by molar-refractivity contribution is -0.121. The van der Waals surface area contributed by atoms with Gasteiger partial charge >= 0.3 is 0 Å². The molecule has 0 spiro atoms. The quantitative estimate of drug-likeness (QED) is 0.878. The first-order chi connectivity index (χ1) is 9.69.